The van der Waals surface area contributed by atoms with Crippen molar-refractivity contribution < 1.29 is 23.5 Å². The largest absolute Gasteiger partial charge is 0.444 e. The number of carbonyl (C=O) groups is 2. The lowest BCUT2D eigenvalue weighted by molar-refractivity contribution is 0.0242. The van der Waals surface area contributed by atoms with E-state index >= 15 is 0 Å². The average Bonchev–Trinajstić information content (AvgIpc) is 2.51. The molecule has 184 valence electrons. The van der Waals surface area contributed by atoms with E-state index in [4.69, 9.17) is 13.9 Å². The van der Waals surface area contributed by atoms with Gasteiger partial charge in [0, 0.05) is 39.3 Å². The highest BCUT2D eigenvalue weighted by Gasteiger charge is 2.36. The molecule has 0 atom stereocenters. The number of rotatable bonds is 10. The van der Waals surface area contributed by atoms with Crippen LogP contribution in [0.4, 0.5) is 9.59 Å². The normalized spacial score (nSPS) is 13.0. The topological polar surface area (TPSA) is 89.1 Å². The summed E-state index contributed by atoms with van der Waals surface area (Å²) in [6, 6.07) is 0. The van der Waals surface area contributed by atoms with Crippen LogP contribution >= 0.6 is 0 Å². The van der Waals surface area contributed by atoms with Gasteiger partial charge in [-0.3, -0.25) is 0 Å². The number of ether oxygens (including phenoxy) is 2. The Bertz CT molecular complexity index is 563. The summed E-state index contributed by atoms with van der Waals surface area (Å²) in [5.41, 5.74) is -1.15. The molecular weight excluding hydrogens is 414 g/mol. The van der Waals surface area contributed by atoms with Gasteiger partial charge in [-0.1, -0.05) is 20.8 Å². The van der Waals surface area contributed by atoms with Crippen LogP contribution in [0.15, 0.2) is 0 Å². The number of alkyl carbamates (subject to hydrolysis) is 1. The molecule has 0 aliphatic carbocycles. The van der Waals surface area contributed by atoms with Crippen molar-refractivity contribution in [3.05, 3.63) is 0 Å². The highest BCUT2D eigenvalue weighted by molar-refractivity contribution is 6.74. The van der Waals surface area contributed by atoms with E-state index < -0.39 is 31.7 Å². The molecule has 2 N–H and O–H groups in total. The SMILES string of the molecule is CC(C)(C)OC(=O)NCCN(CCNCCO[Si](C)(C)C(C)(C)C)C(=O)OC(C)(C)C. The summed E-state index contributed by atoms with van der Waals surface area (Å²) < 4.78 is 16.9. The molecule has 0 aromatic carbocycles. The van der Waals surface area contributed by atoms with Gasteiger partial charge in [-0.2, -0.15) is 0 Å². The Morgan fingerprint density at radius 3 is 1.81 bits per heavy atom. The van der Waals surface area contributed by atoms with E-state index in [1.165, 1.54) is 0 Å². The maximum Gasteiger partial charge on any atom is 0.410 e. The first-order valence-corrected chi connectivity index (χ1v) is 14.0. The molecule has 2 amide bonds. The smallest absolute Gasteiger partial charge is 0.410 e. The maximum absolute atomic E-state index is 12.5. The fraction of sp³-hybridized carbons (Fsp3) is 0.909. The molecule has 8 nitrogen and oxygen atoms in total. The molecule has 31 heavy (non-hydrogen) atoms. The van der Waals surface area contributed by atoms with Crippen molar-refractivity contribution >= 4 is 20.5 Å². The second kappa shape index (κ2) is 12.1. The number of nitrogens with one attached hydrogen (secondary N) is 2. The third kappa shape index (κ3) is 14.4. The van der Waals surface area contributed by atoms with Gasteiger partial charge in [-0.15, -0.1) is 0 Å². The summed E-state index contributed by atoms with van der Waals surface area (Å²) in [5, 5.41) is 6.19. The van der Waals surface area contributed by atoms with Crippen molar-refractivity contribution in [3.8, 4) is 0 Å². The quantitative estimate of drug-likeness (QED) is 0.371. The third-order valence-electron chi connectivity index (χ3n) is 4.81. The van der Waals surface area contributed by atoms with E-state index in [0.717, 1.165) is 0 Å². The zero-order valence-electron chi connectivity index (χ0n) is 21.7. The molecule has 0 heterocycles. The summed E-state index contributed by atoms with van der Waals surface area (Å²) >= 11 is 0. The minimum absolute atomic E-state index is 0.182. The summed E-state index contributed by atoms with van der Waals surface area (Å²) in [5.74, 6) is 0. The van der Waals surface area contributed by atoms with Crippen LogP contribution in [-0.4, -0.2) is 75.9 Å². The first kappa shape index (κ1) is 29.7. The van der Waals surface area contributed by atoms with E-state index in [0.29, 0.717) is 32.8 Å². The number of amides is 2. The Labute approximate surface area is 190 Å². The van der Waals surface area contributed by atoms with E-state index in [1.54, 1.807) is 25.7 Å². The van der Waals surface area contributed by atoms with Crippen LogP contribution in [-0.2, 0) is 13.9 Å². The first-order chi connectivity index (χ1) is 13.8. The lowest BCUT2D eigenvalue weighted by Crippen LogP contribution is -2.45. The molecule has 0 rings (SSSR count). The Balaban J connectivity index is 4.53. The number of hydrogen-bond acceptors (Lipinski definition) is 6. The van der Waals surface area contributed by atoms with Gasteiger partial charge >= 0.3 is 12.2 Å². The second-order valence-corrected chi connectivity index (χ2v) is 16.1. The summed E-state index contributed by atoms with van der Waals surface area (Å²) in [4.78, 5) is 26.0. The van der Waals surface area contributed by atoms with Gasteiger partial charge in [0.25, 0.3) is 0 Å². The lowest BCUT2D eigenvalue weighted by Gasteiger charge is -2.36. The molecule has 0 aromatic rings. The summed E-state index contributed by atoms with van der Waals surface area (Å²) in [7, 11) is -1.75. The van der Waals surface area contributed by atoms with Crippen molar-refractivity contribution in [2.45, 2.75) is 91.6 Å². The lowest BCUT2D eigenvalue weighted by atomic mass is 10.2. The second-order valence-electron chi connectivity index (χ2n) is 11.3. The van der Waals surface area contributed by atoms with Gasteiger partial charge in [0.2, 0.25) is 0 Å². The van der Waals surface area contributed by atoms with Crippen LogP contribution in [0.5, 0.6) is 0 Å². The molecule has 0 saturated carbocycles. The number of hydrogen-bond donors (Lipinski definition) is 2. The van der Waals surface area contributed by atoms with Crippen LogP contribution in [0.3, 0.4) is 0 Å². The van der Waals surface area contributed by atoms with Crippen LogP contribution in [0.1, 0.15) is 62.3 Å². The maximum atomic E-state index is 12.5. The third-order valence-corrected chi connectivity index (χ3v) is 9.35. The van der Waals surface area contributed by atoms with Crippen molar-refractivity contribution in [1.29, 1.82) is 0 Å². The number of carbonyl (C=O) groups excluding carboxylic acids is 2. The molecule has 0 saturated heterocycles. The molecule has 0 aromatic heterocycles. The van der Waals surface area contributed by atoms with Crippen LogP contribution in [0.25, 0.3) is 0 Å². The standard InChI is InChI=1S/C22H47N3O5Si/c1-20(2,3)29-18(26)24-13-16-25(19(27)30-21(4,5)6)15-12-23-14-17-28-31(10,11)22(7,8)9/h23H,12-17H2,1-11H3,(H,24,26). The van der Waals surface area contributed by atoms with Gasteiger partial charge in [-0.25, -0.2) is 9.59 Å². The van der Waals surface area contributed by atoms with Crippen molar-refractivity contribution in [2.75, 3.05) is 39.3 Å². The highest BCUT2D eigenvalue weighted by atomic mass is 28.4. The van der Waals surface area contributed by atoms with E-state index in [1.807, 2.05) is 20.8 Å². The Morgan fingerprint density at radius 1 is 0.806 bits per heavy atom. The Kier molecular flexibility index (Phi) is 11.5. The van der Waals surface area contributed by atoms with E-state index in [9.17, 15) is 9.59 Å². The van der Waals surface area contributed by atoms with Gasteiger partial charge in [0.15, 0.2) is 8.32 Å². The van der Waals surface area contributed by atoms with E-state index in [2.05, 4.69) is 44.5 Å². The van der Waals surface area contributed by atoms with Gasteiger partial charge < -0.3 is 29.4 Å². The van der Waals surface area contributed by atoms with Crippen LogP contribution in [0, 0.1) is 0 Å². The van der Waals surface area contributed by atoms with Crippen LogP contribution in [0.2, 0.25) is 18.1 Å². The van der Waals surface area contributed by atoms with Gasteiger partial charge in [-0.05, 0) is 59.7 Å². The molecule has 0 radical (unpaired) electrons. The molecule has 9 heteroatoms. The molecule has 0 spiro atoms. The fourth-order valence-electron chi connectivity index (χ4n) is 2.16. The minimum atomic E-state index is -1.75. The fourth-order valence-corrected chi connectivity index (χ4v) is 3.21. The van der Waals surface area contributed by atoms with Gasteiger partial charge in [0.1, 0.15) is 11.2 Å². The van der Waals surface area contributed by atoms with Crippen LogP contribution < -0.4 is 10.6 Å². The molecule has 0 aliphatic heterocycles. The first-order valence-electron chi connectivity index (χ1n) is 11.1. The highest BCUT2D eigenvalue weighted by Crippen LogP contribution is 2.36. The average molecular weight is 462 g/mol. The molecule has 0 aliphatic rings. The van der Waals surface area contributed by atoms with Crippen molar-refractivity contribution in [3.63, 3.8) is 0 Å². The van der Waals surface area contributed by atoms with Crippen molar-refractivity contribution in [2.24, 2.45) is 0 Å². The zero-order chi connectivity index (χ0) is 24.5. The Morgan fingerprint density at radius 2 is 1.32 bits per heavy atom. The number of nitrogens with zero attached hydrogens (tertiary/aromatic N) is 1. The summed E-state index contributed by atoms with van der Waals surface area (Å²) in [6.45, 7) is 25.1. The zero-order valence-corrected chi connectivity index (χ0v) is 22.7. The predicted octanol–water partition coefficient (Wildman–Crippen LogP) is 4.36. The molecular formula is C22H47N3O5Si. The summed E-state index contributed by atoms with van der Waals surface area (Å²) in [6.07, 6.45) is -0.907. The minimum Gasteiger partial charge on any atom is -0.444 e. The monoisotopic (exact) mass is 461 g/mol. The van der Waals surface area contributed by atoms with Crippen molar-refractivity contribution in [1.82, 2.24) is 15.5 Å². The Hall–Kier alpha value is -1.32. The molecule has 0 bridgehead atoms. The molecule has 0 unspecified atom stereocenters. The predicted molar refractivity (Wildman–Crippen MR) is 128 cm³/mol. The molecule has 0 fully saturated rings. The van der Waals surface area contributed by atoms with Gasteiger partial charge in [0.05, 0.1) is 0 Å². The van der Waals surface area contributed by atoms with E-state index in [-0.39, 0.29) is 11.6 Å².